The van der Waals surface area contributed by atoms with E-state index >= 15 is 0 Å². The molecule has 0 bridgehead atoms. The third-order valence-electron chi connectivity index (χ3n) is 3.32. The summed E-state index contributed by atoms with van der Waals surface area (Å²) in [5, 5.41) is 6.97. The van der Waals surface area contributed by atoms with Crippen LogP contribution in [-0.2, 0) is 6.54 Å². The Kier molecular flexibility index (Phi) is 4.83. The second-order valence-electron chi connectivity index (χ2n) is 4.69. The van der Waals surface area contributed by atoms with Gasteiger partial charge in [0.1, 0.15) is 5.75 Å². The molecule has 1 unspecified atom stereocenters. The zero-order chi connectivity index (χ0) is 11.9. The first-order chi connectivity index (χ1) is 8.38. The van der Waals surface area contributed by atoms with Gasteiger partial charge in [-0.15, -0.1) is 0 Å². The van der Waals surface area contributed by atoms with E-state index in [1.54, 1.807) is 7.11 Å². The number of hydrogen-bond donors (Lipinski definition) is 2. The van der Waals surface area contributed by atoms with Crippen LogP contribution in [0.5, 0.6) is 5.75 Å². The molecule has 1 aromatic carbocycles. The van der Waals surface area contributed by atoms with Gasteiger partial charge in [0.2, 0.25) is 0 Å². The summed E-state index contributed by atoms with van der Waals surface area (Å²) in [5.41, 5.74) is 1.31. The van der Waals surface area contributed by atoms with E-state index in [1.807, 2.05) is 12.1 Å². The summed E-state index contributed by atoms with van der Waals surface area (Å²) in [5.74, 6) is 1.72. The number of nitrogens with one attached hydrogen (secondary N) is 2. The van der Waals surface area contributed by atoms with Crippen molar-refractivity contribution in [2.75, 3.05) is 26.7 Å². The molecule has 0 radical (unpaired) electrons. The van der Waals surface area contributed by atoms with Gasteiger partial charge in [-0.1, -0.05) is 12.1 Å². The van der Waals surface area contributed by atoms with Crippen molar-refractivity contribution in [3.8, 4) is 5.75 Å². The quantitative estimate of drug-likeness (QED) is 0.815. The van der Waals surface area contributed by atoms with Gasteiger partial charge in [0.05, 0.1) is 7.11 Å². The van der Waals surface area contributed by atoms with Gasteiger partial charge in [-0.25, -0.2) is 0 Å². The average Bonchev–Trinajstić information content (AvgIpc) is 2.41. The molecule has 0 saturated carbocycles. The summed E-state index contributed by atoms with van der Waals surface area (Å²) in [6, 6.07) is 8.26. The highest BCUT2D eigenvalue weighted by molar-refractivity contribution is 5.26. The van der Waals surface area contributed by atoms with Crippen LogP contribution in [0, 0.1) is 5.92 Å². The molecule has 1 atom stereocenters. The summed E-state index contributed by atoms with van der Waals surface area (Å²) in [7, 11) is 1.70. The Bertz CT molecular complexity index is 317. The molecule has 1 aliphatic rings. The lowest BCUT2D eigenvalue weighted by Gasteiger charge is -2.22. The Balaban J connectivity index is 1.69. The number of hydrogen-bond acceptors (Lipinski definition) is 3. The molecule has 0 spiro atoms. The molecule has 0 aliphatic carbocycles. The van der Waals surface area contributed by atoms with E-state index in [0.29, 0.717) is 0 Å². The van der Waals surface area contributed by atoms with Crippen LogP contribution in [0.2, 0.25) is 0 Å². The maximum absolute atomic E-state index is 5.14. The van der Waals surface area contributed by atoms with Crippen molar-refractivity contribution in [3.63, 3.8) is 0 Å². The van der Waals surface area contributed by atoms with Gasteiger partial charge in [0.15, 0.2) is 0 Å². The largest absolute Gasteiger partial charge is 0.497 e. The molecule has 94 valence electrons. The Hall–Kier alpha value is -1.06. The van der Waals surface area contributed by atoms with E-state index in [-0.39, 0.29) is 0 Å². The minimum absolute atomic E-state index is 0.794. The van der Waals surface area contributed by atoms with E-state index in [9.17, 15) is 0 Å². The summed E-state index contributed by atoms with van der Waals surface area (Å²) >= 11 is 0. The molecule has 1 aliphatic heterocycles. The highest BCUT2D eigenvalue weighted by atomic mass is 16.5. The molecule has 1 fully saturated rings. The minimum Gasteiger partial charge on any atom is -0.497 e. The molecular weight excluding hydrogens is 212 g/mol. The van der Waals surface area contributed by atoms with Gasteiger partial charge in [-0.3, -0.25) is 0 Å². The normalized spacial score (nSPS) is 20.2. The summed E-state index contributed by atoms with van der Waals surface area (Å²) in [6.45, 7) is 4.41. The van der Waals surface area contributed by atoms with E-state index < -0.39 is 0 Å². The Morgan fingerprint density at radius 2 is 2.18 bits per heavy atom. The SMILES string of the molecule is COc1ccc(CNCC2CCCNC2)cc1. The lowest BCUT2D eigenvalue weighted by molar-refractivity contribution is 0.360. The molecule has 0 amide bonds. The van der Waals surface area contributed by atoms with Gasteiger partial charge < -0.3 is 15.4 Å². The number of methoxy groups -OCH3 is 1. The van der Waals surface area contributed by atoms with Crippen LogP contribution >= 0.6 is 0 Å². The van der Waals surface area contributed by atoms with Gasteiger partial charge in [-0.2, -0.15) is 0 Å². The van der Waals surface area contributed by atoms with Gasteiger partial charge in [0.25, 0.3) is 0 Å². The van der Waals surface area contributed by atoms with Crippen molar-refractivity contribution < 1.29 is 4.74 Å². The Morgan fingerprint density at radius 1 is 1.35 bits per heavy atom. The summed E-state index contributed by atoms with van der Waals surface area (Å²) < 4.78 is 5.14. The van der Waals surface area contributed by atoms with Crippen molar-refractivity contribution in [2.24, 2.45) is 5.92 Å². The fourth-order valence-electron chi connectivity index (χ4n) is 2.26. The predicted molar refractivity (Wildman–Crippen MR) is 70.3 cm³/mol. The molecule has 2 N–H and O–H groups in total. The molecule has 1 saturated heterocycles. The zero-order valence-electron chi connectivity index (χ0n) is 10.5. The van der Waals surface area contributed by atoms with Crippen LogP contribution in [-0.4, -0.2) is 26.7 Å². The molecule has 1 aromatic rings. The Labute approximate surface area is 104 Å². The molecular formula is C14H22N2O. The van der Waals surface area contributed by atoms with Crippen molar-refractivity contribution in [2.45, 2.75) is 19.4 Å². The molecule has 3 heteroatoms. The predicted octanol–water partition coefficient (Wildman–Crippen LogP) is 1.78. The van der Waals surface area contributed by atoms with Crippen LogP contribution in [0.1, 0.15) is 18.4 Å². The van der Waals surface area contributed by atoms with Crippen molar-refractivity contribution in [3.05, 3.63) is 29.8 Å². The lowest BCUT2D eigenvalue weighted by Crippen LogP contribution is -2.35. The van der Waals surface area contributed by atoms with Crippen molar-refractivity contribution in [1.82, 2.24) is 10.6 Å². The summed E-state index contributed by atoms with van der Waals surface area (Å²) in [4.78, 5) is 0. The van der Waals surface area contributed by atoms with E-state index in [4.69, 9.17) is 4.74 Å². The molecule has 0 aromatic heterocycles. The molecule has 2 rings (SSSR count). The standard InChI is InChI=1S/C14H22N2O/c1-17-14-6-4-12(5-7-14)9-16-11-13-3-2-8-15-10-13/h4-7,13,15-16H,2-3,8-11H2,1H3. The fourth-order valence-corrected chi connectivity index (χ4v) is 2.26. The first-order valence-electron chi connectivity index (χ1n) is 6.43. The van der Waals surface area contributed by atoms with Gasteiger partial charge in [-0.05, 0) is 56.1 Å². The van der Waals surface area contributed by atoms with Crippen LogP contribution in [0.15, 0.2) is 24.3 Å². The average molecular weight is 234 g/mol. The third kappa shape index (κ3) is 4.02. The molecule has 1 heterocycles. The van der Waals surface area contributed by atoms with E-state index in [0.717, 1.165) is 31.3 Å². The number of ether oxygens (including phenoxy) is 1. The van der Waals surface area contributed by atoms with Crippen LogP contribution < -0.4 is 15.4 Å². The van der Waals surface area contributed by atoms with Crippen LogP contribution in [0.25, 0.3) is 0 Å². The maximum atomic E-state index is 5.14. The maximum Gasteiger partial charge on any atom is 0.118 e. The topological polar surface area (TPSA) is 33.3 Å². The van der Waals surface area contributed by atoms with Gasteiger partial charge >= 0.3 is 0 Å². The first-order valence-corrected chi connectivity index (χ1v) is 6.43. The Morgan fingerprint density at radius 3 is 2.82 bits per heavy atom. The molecule has 3 nitrogen and oxygen atoms in total. The van der Waals surface area contributed by atoms with Crippen LogP contribution in [0.3, 0.4) is 0 Å². The monoisotopic (exact) mass is 234 g/mol. The number of benzene rings is 1. The first kappa shape index (κ1) is 12.4. The van der Waals surface area contributed by atoms with Crippen molar-refractivity contribution >= 4 is 0 Å². The highest BCUT2D eigenvalue weighted by Crippen LogP contribution is 2.12. The van der Waals surface area contributed by atoms with Crippen molar-refractivity contribution in [1.29, 1.82) is 0 Å². The smallest absolute Gasteiger partial charge is 0.118 e. The minimum atomic E-state index is 0.794. The van der Waals surface area contributed by atoms with E-state index in [1.165, 1.54) is 24.9 Å². The second kappa shape index (κ2) is 6.62. The lowest BCUT2D eigenvalue weighted by atomic mass is 10.00. The zero-order valence-corrected chi connectivity index (χ0v) is 10.5. The highest BCUT2D eigenvalue weighted by Gasteiger charge is 2.11. The van der Waals surface area contributed by atoms with Crippen LogP contribution in [0.4, 0.5) is 0 Å². The third-order valence-corrected chi connectivity index (χ3v) is 3.32. The van der Waals surface area contributed by atoms with E-state index in [2.05, 4.69) is 22.8 Å². The second-order valence-corrected chi connectivity index (χ2v) is 4.69. The van der Waals surface area contributed by atoms with Gasteiger partial charge in [0, 0.05) is 6.54 Å². The number of piperidine rings is 1. The molecule has 17 heavy (non-hydrogen) atoms. The summed E-state index contributed by atoms with van der Waals surface area (Å²) in [6.07, 6.45) is 2.66. The number of rotatable bonds is 5. The fraction of sp³-hybridized carbons (Fsp3) is 0.571.